The van der Waals surface area contributed by atoms with Crippen LogP contribution in [0, 0.1) is 5.82 Å². The molecule has 0 radical (unpaired) electrons. The average molecular weight is 305 g/mol. The number of rotatable bonds is 2. The van der Waals surface area contributed by atoms with Crippen LogP contribution in [0.5, 0.6) is 0 Å². The Labute approximate surface area is 124 Å². The van der Waals surface area contributed by atoms with E-state index in [0.717, 1.165) is 0 Å². The van der Waals surface area contributed by atoms with Crippen LogP contribution in [-0.2, 0) is 0 Å². The molecule has 0 saturated carbocycles. The second-order valence-corrected chi connectivity index (χ2v) is 4.78. The fourth-order valence-corrected chi connectivity index (χ4v) is 2.16. The van der Waals surface area contributed by atoms with Crippen molar-refractivity contribution in [1.82, 2.24) is 20.2 Å². The Morgan fingerprint density at radius 2 is 1.81 bits per heavy atom. The largest absolute Gasteiger partial charge is 0.399 e. The summed E-state index contributed by atoms with van der Waals surface area (Å²) in [6.07, 6.45) is 0. The molecule has 0 unspecified atom stereocenters. The fourth-order valence-electron chi connectivity index (χ4n) is 1.99. The van der Waals surface area contributed by atoms with Crippen LogP contribution in [0.3, 0.4) is 0 Å². The first-order chi connectivity index (χ1) is 10.1. The van der Waals surface area contributed by atoms with Gasteiger partial charge in [-0.3, -0.25) is 0 Å². The second kappa shape index (κ2) is 5.02. The van der Waals surface area contributed by atoms with Crippen LogP contribution < -0.4 is 11.5 Å². The lowest BCUT2D eigenvalue weighted by molar-refractivity contribution is 0.608. The van der Waals surface area contributed by atoms with Crippen LogP contribution in [0.1, 0.15) is 0 Å². The van der Waals surface area contributed by atoms with E-state index in [-0.39, 0.29) is 10.7 Å². The Morgan fingerprint density at radius 1 is 1.10 bits per heavy atom. The molecule has 2 aromatic carbocycles. The summed E-state index contributed by atoms with van der Waals surface area (Å²) in [4.78, 5) is 0. The van der Waals surface area contributed by atoms with Gasteiger partial charge in [0.15, 0.2) is 11.6 Å². The van der Waals surface area contributed by atoms with E-state index in [1.807, 2.05) is 0 Å². The molecular formula is C13H10ClFN6. The van der Waals surface area contributed by atoms with E-state index < -0.39 is 5.82 Å². The topological polar surface area (TPSA) is 95.6 Å². The molecule has 0 aliphatic carbocycles. The lowest BCUT2D eigenvalue weighted by atomic mass is 10.1. The van der Waals surface area contributed by atoms with Gasteiger partial charge in [0.05, 0.1) is 5.02 Å². The minimum absolute atomic E-state index is 0.0129. The van der Waals surface area contributed by atoms with Gasteiger partial charge in [0.1, 0.15) is 5.69 Å². The number of aromatic nitrogens is 4. The molecule has 0 aliphatic heterocycles. The van der Waals surface area contributed by atoms with Crippen molar-refractivity contribution in [3.8, 4) is 17.1 Å². The van der Waals surface area contributed by atoms with Gasteiger partial charge in [0, 0.05) is 16.9 Å². The first kappa shape index (κ1) is 13.3. The van der Waals surface area contributed by atoms with E-state index in [0.29, 0.717) is 22.8 Å². The normalized spacial score (nSPS) is 10.8. The van der Waals surface area contributed by atoms with Crippen molar-refractivity contribution in [2.45, 2.75) is 0 Å². The molecule has 0 aliphatic rings. The van der Waals surface area contributed by atoms with Crippen LogP contribution in [0.15, 0.2) is 36.4 Å². The summed E-state index contributed by atoms with van der Waals surface area (Å²) in [6.45, 7) is 0. The highest BCUT2D eigenvalue weighted by atomic mass is 35.5. The fraction of sp³-hybridized carbons (Fsp3) is 0. The van der Waals surface area contributed by atoms with Crippen LogP contribution in [-0.4, -0.2) is 20.2 Å². The van der Waals surface area contributed by atoms with Crippen molar-refractivity contribution in [1.29, 1.82) is 0 Å². The van der Waals surface area contributed by atoms with Gasteiger partial charge in [-0.05, 0) is 40.8 Å². The summed E-state index contributed by atoms with van der Waals surface area (Å²) >= 11 is 5.78. The van der Waals surface area contributed by atoms with Gasteiger partial charge < -0.3 is 11.5 Å². The molecule has 0 saturated heterocycles. The second-order valence-electron chi connectivity index (χ2n) is 4.38. The van der Waals surface area contributed by atoms with Crippen LogP contribution in [0.2, 0.25) is 5.02 Å². The van der Waals surface area contributed by atoms with Crippen LogP contribution >= 0.6 is 11.6 Å². The molecule has 3 aromatic rings. The third-order valence-electron chi connectivity index (χ3n) is 2.86. The molecule has 6 nitrogen and oxygen atoms in total. The summed E-state index contributed by atoms with van der Waals surface area (Å²) in [5.74, 6) is -0.292. The third-order valence-corrected chi connectivity index (χ3v) is 3.16. The third kappa shape index (κ3) is 2.38. The molecular weight excluding hydrogens is 295 g/mol. The molecule has 8 heteroatoms. The maximum absolute atomic E-state index is 14.1. The molecule has 0 amide bonds. The number of anilines is 2. The lowest BCUT2D eigenvalue weighted by Crippen LogP contribution is -2.03. The van der Waals surface area contributed by atoms with Crippen molar-refractivity contribution >= 4 is 23.0 Å². The molecule has 21 heavy (non-hydrogen) atoms. The molecule has 0 fully saturated rings. The van der Waals surface area contributed by atoms with Gasteiger partial charge in [0.2, 0.25) is 0 Å². The summed E-state index contributed by atoms with van der Waals surface area (Å²) in [5, 5.41) is 11.3. The van der Waals surface area contributed by atoms with Gasteiger partial charge in [-0.1, -0.05) is 17.7 Å². The number of nitrogens with two attached hydrogens (primary N) is 2. The van der Waals surface area contributed by atoms with Gasteiger partial charge >= 0.3 is 0 Å². The van der Waals surface area contributed by atoms with Gasteiger partial charge in [-0.2, -0.15) is 4.68 Å². The summed E-state index contributed by atoms with van der Waals surface area (Å²) in [7, 11) is 0. The van der Waals surface area contributed by atoms with Crippen LogP contribution in [0.4, 0.5) is 15.8 Å². The van der Waals surface area contributed by atoms with Crippen molar-refractivity contribution in [3.63, 3.8) is 0 Å². The quantitative estimate of drug-likeness (QED) is 0.708. The number of hydrogen-bond acceptors (Lipinski definition) is 5. The van der Waals surface area contributed by atoms with Gasteiger partial charge in [-0.25, -0.2) is 4.39 Å². The molecule has 0 spiro atoms. The summed E-state index contributed by atoms with van der Waals surface area (Å²) < 4.78 is 15.4. The number of halogens is 2. The Bertz CT molecular complexity index is 796. The van der Waals surface area contributed by atoms with E-state index in [9.17, 15) is 4.39 Å². The van der Waals surface area contributed by atoms with Crippen molar-refractivity contribution in [2.75, 3.05) is 11.5 Å². The molecule has 0 atom stereocenters. The van der Waals surface area contributed by atoms with Crippen LogP contribution in [0.25, 0.3) is 17.1 Å². The standard InChI is InChI=1S/C13H10ClFN6/c14-10-2-1-3-11(12(10)15)21-13(18-19-20-21)7-4-8(16)6-9(17)5-7/h1-6H,16-17H2. The highest BCUT2D eigenvalue weighted by Gasteiger charge is 2.16. The minimum Gasteiger partial charge on any atom is -0.399 e. The number of nitrogens with zero attached hydrogens (tertiary/aromatic N) is 4. The predicted molar refractivity (Wildman–Crippen MR) is 78.4 cm³/mol. The SMILES string of the molecule is Nc1cc(N)cc(-c2nnnn2-c2cccc(Cl)c2F)c1. The zero-order valence-corrected chi connectivity index (χ0v) is 11.4. The van der Waals surface area contributed by atoms with Crippen molar-refractivity contribution in [3.05, 3.63) is 47.2 Å². The summed E-state index contributed by atoms with van der Waals surface area (Å²) in [6, 6.07) is 9.50. The molecule has 4 N–H and O–H groups in total. The first-order valence-electron chi connectivity index (χ1n) is 5.95. The monoisotopic (exact) mass is 304 g/mol. The summed E-state index contributed by atoms with van der Waals surface area (Å²) in [5.41, 5.74) is 13.2. The van der Waals surface area contributed by atoms with Crippen molar-refractivity contribution < 1.29 is 4.39 Å². The molecule has 1 aromatic heterocycles. The maximum Gasteiger partial charge on any atom is 0.187 e. The van der Waals surface area contributed by atoms with E-state index in [4.69, 9.17) is 23.1 Å². The predicted octanol–water partition coefficient (Wildman–Crippen LogP) is 2.29. The van der Waals surface area contributed by atoms with E-state index in [2.05, 4.69) is 15.5 Å². The lowest BCUT2D eigenvalue weighted by Gasteiger charge is -2.08. The van der Waals surface area contributed by atoms with Crippen molar-refractivity contribution in [2.24, 2.45) is 0 Å². The Kier molecular flexibility index (Phi) is 3.19. The zero-order chi connectivity index (χ0) is 15.0. The Hall–Kier alpha value is -2.67. The minimum atomic E-state index is -0.607. The molecule has 0 bridgehead atoms. The van der Waals surface area contributed by atoms with Gasteiger partial charge in [0.25, 0.3) is 0 Å². The van der Waals surface area contributed by atoms with E-state index >= 15 is 0 Å². The number of nitrogen functional groups attached to an aromatic ring is 2. The molecule has 1 heterocycles. The zero-order valence-electron chi connectivity index (χ0n) is 10.7. The van der Waals surface area contributed by atoms with E-state index in [1.54, 1.807) is 24.3 Å². The number of benzene rings is 2. The average Bonchev–Trinajstić information content (AvgIpc) is 2.90. The number of tetrazole rings is 1. The highest BCUT2D eigenvalue weighted by Crippen LogP contribution is 2.27. The maximum atomic E-state index is 14.1. The number of hydrogen-bond donors (Lipinski definition) is 2. The Morgan fingerprint density at radius 3 is 2.52 bits per heavy atom. The first-order valence-corrected chi connectivity index (χ1v) is 6.33. The molecule has 3 rings (SSSR count). The Balaban J connectivity index is 2.19. The van der Waals surface area contributed by atoms with E-state index in [1.165, 1.54) is 16.8 Å². The van der Waals surface area contributed by atoms with Gasteiger partial charge in [-0.15, -0.1) is 5.10 Å². The highest BCUT2D eigenvalue weighted by molar-refractivity contribution is 6.30. The molecule has 106 valence electrons. The smallest absolute Gasteiger partial charge is 0.187 e.